The van der Waals surface area contributed by atoms with Gasteiger partial charge >= 0.3 is 0 Å². The number of nitrogens with zero attached hydrogens (tertiary/aromatic N) is 3. The van der Waals surface area contributed by atoms with Crippen molar-refractivity contribution in [3.05, 3.63) is 83.7 Å². The Kier molecular flexibility index (Phi) is 5.46. The second-order valence-corrected chi connectivity index (χ2v) is 8.17. The highest BCUT2D eigenvalue weighted by Crippen LogP contribution is 2.39. The van der Waals surface area contributed by atoms with Crippen molar-refractivity contribution in [2.75, 3.05) is 26.7 Å². The third kappa shape index (κ3) is 4.02. The molecule has 7 heteroatoms. The number of hydrogen-bond acceptors (Lipinski definition) is 5. The van der Waals surface area contributed by atoms with Crippen molar-refractivity contribution in [2.45, 2.75) is 13.0 Å². The van der Waals surface area contributed by atoms with Crippen molar-refractivity contribution in [1.82, 2.24) is 9.80 Å². The van der Waals surface area contributed by atoms with Gasteiger partial charge < -0.3 is 19.3 Å². The van der Waals surface area contributed by atoms with Crippen LogP contribution in [0.1, 0.15) is 22.8 Å². The topological polar surface area (TPSA) is 54.4 Å². The van der Waals surface area contributed by atoms with E-state index in [1.54, 1.807) is 24.1 Å². The number of fused-ring (bicyclic) bond motifs is 2. The van der Waals surface area contributed by atoms with Crippen molar-refractivity contribution in [3.63, 3.8) is 0 Å². The number of halogens is 1. The zero-order chi connectivity index (χ0) is 22.9. The van der Waals surface area contributed by atoms with Crippen LogP contribution in [0.25, 0.3) is 0 Å². The summed E-state index contributed by atoms with van der Waals surface area (Å²) in [7, 11) is 1.62. The molecule has 0 saturated carbocycles. The molecule has 0 N–H and O–H groups in total. The summed E-state index contributed by atoms with van der Waals surface area (Å²) in [6.45, 7) is 3.69. The molecule has 0 unspecified atom stereocenters. The molecule has 0 spiro atoms. The number of benzene rings is 3. The van der Waals surface area contributed by atoms with E-state index in [9.17, 15) is 9.18 Å². The molecular formula is C26H24FN3O3. The predicted molar refractivity (Wildman–Crippen MR) is 124 cm³/mol. The minimum atomic E-state index is -0.411. The van der Waals surface area contributed by atoms with E-state index in [0.717, 1.165) is 17.1 Å². The van der Waals surface area contributed by atoms with Gasteiger partial charge in [-0.15, -0.1) is 0 Å². The number of hydrogen-bond donors (Lipinski definition) is 0. The molecule has 2 aliphatic heterocycles. The molecule has 0 aromatic heterocycles. The number of aliphatic imine (C=N–C) groups is 1. The zero-order valence-electron chi connectivity index (χ0n) is 18.5. The standard InChI is InChI=1S/C26H24FN3O3/c1-17-16-29(12-13-30(17)26(31)18-6-5-7-19(27)14-18)25-21-11-10-20(32-2)15-24(21)33-23-9-4-3-8-22(23)28-25/h3-11,14-15,17H,12-13,16H2,1-2H3/t17-/m0/s1. The monoisotopic (exact) mass is 445 g/mol. The van der Waals surface area contributed by atoms with E-state index in [-0.39, 0.29) is 11.9 Å². The second kappa shape index (κ2) is 8.58. The van der Waals surface area contributed by atoms with E-state index in [1.807, 2.05) is 49.4 Å². The number of para-hydroxylation sites is 2. The first-order chi connectivity index (χ1) is 16.0. The lowest BCUT2D eigenvalue weighted by Crippen LogP contribution is -2.55. The van der Waals surface area contributed by atoms with E-state index in [0.29, 0.717) is 42.4 Å². The number of ether oxygens (including phenoxy) is 2. The molecule has 1 amide bonds. The quantitative estimate of drug-likeness (QED) is 0.565. The molecule has 0 aliphatic carbocycles. The maximum atomic E-state index is 13.6. The van der Waals surface area contributed by atoms with Gasteiger partial charge in [0, 0.05) is 37.3 Å². The molecule has 168 valence electrons. The number of amides is 1. The lowest BCUT2D eigenvalue weighted by Gasteiger charge is -2.41. The first-order valence-electron chi connectivity index (χ1n) is 10.9. The minimum Gasteiger partial charge on any atom is -0.497 e. The number of methoxy groups -OCH3 is 1. The van der Waals surface area contributed by atoms with Gasteiger partial charge in [0.2, 0.25) is 0 Å². The van der Waals surface area contributed by atoms with Crippen LogP contribution in [-0.4, -0.2) is 54.3 Å². The summed E-state index contributed by atoms with van der Waals surface area (Å²) in [6.07, 6.45) is 0. The molecule has 33 heavy (non-hydrogen) atoms. The fourth-order valence-corrected chi connectivity index (χ4v) is 4.31. The Labute approximate surface area is 191 Å². The summed E-state index contributed by atoms with van der Waals surface area (Å²) < 4.78 is 25.2. The summed E-state index contributed by atoms with van der Waals surface area (Å²) in [5.41, 5.74) is 1.97. The number of rotatable bonds is 2. The average molecular weight is 445 g/mol. The number of carbonyl (C=O) groups excluding carboxylic acids is 1. The van der Waals surface area contributed by atoms with Crippen LogP contribution < -0.4 is 9.47 Å². The highest BCUT2D eigenvalue weighted by Gasteiger charge is 2.32. The van der Waals surface area contributed by atoms with E-state index in [4.69, 9.17) is 14.5 Å². The molecule has 0 radical (unpaired) electrons. The van der Waals surface area contributed by atoms with E-state index in [2.05, 4.69) is 4.90 Å². The van der Waals surface area contributed by atoms with Gasteiger partial charge in [-0.2, -0.15) is 0 Å². The first-order valence-corrected chi connectivity index (χ1v) is 10.9. The smallest absolute Gasteiger partial charge is 0.254 e. The van der Waals surface area contributed by atoms with E-state index in [1.165, 1.54) is 12.1 Å². The van der Waals surface area contributed by atoms with Gasteiger partial charge in [0.05, 0.1) is 12.7 Å². The summed E-state index contributed by atoms with van der Waals surface area (Å²) in [6, 6.07) is 19.1. The van der Waals surface area contributed by atoms with Gasteiger partial charge in [-0.1, -0.05) is 18.2 Å². The van der Waals surface area contributed by atoms with Gasteiger partial charge in [0.25, 0.3) is 5.91 Å². The lowest BCUT2D eigenvalue weighted by atomic mass is 10.1. The van der Waals surface area contributed by atoms with Crippen LogP contribution in [0.5, 0.6) is 17.2 Å². The Balaban J connectivity index is 1.46. The predicted octanol–water partition coefficient (Wildman–Crippen LogP) is 4.86. The Morgan fingerprint density at radius 1 is 1.06 bits per heavy atom. The number of amidine groups is 1. The van der Waals surface area contributed by atoms with Gasteiger partial charge in [0.15, 0.2) is 5.75 Å². The molecule has 5 rings (SSSR count). The number of piperazine rings is 1. The largest absolute Gasteiger partial charge is 0.497 e. The molecule has 1 saturated heterocycles. The van der Waals surface area contributed by atoms with Crippen LogP contribution in [-0.2, 0) is 0 Å². The molecule has 0 bridgehead atoms. The molecule has 3 aromatic carbocycles. The third-order valence-electron chi connectivity index (χ3n) is 6.00. The van der Waals surface area contributed by atoms with Crippen molar-refractivity contribution >= 4 is 17.4 Å². The van der Waals surface area contributed by atoms with Crippen molar-refractivity contribution in [2.24, 2.45) is 4.99 Å². The zero-order valence-corrected chi connectivity index (χ0v) is 18.5. The Morgan fingerprint density at radius 2 is 1.91 bits per heavy atom. The normalized spacial score (nSPS) is 17.3. The Morgan fingerprint density at radius 3 is 2.70 bits per heavy atom. The van der Waals surface area contributed by atoms with Crippen molar-refractivity contribution in [3.8, 4) is 17.2 Å². The third-order valence-corrected chi connectivity index (χ3v) is 6.00. The second-order valence-electron chi connectivity index (χ2n) is 8.17. The van der Waals surface area contributed by atoms with Gasteiger partial charge in [0.1, 0.15) is 28.8 Å². The maximum Gasteiger partial charge on any atom is 0.254 e. The van der Waals surface area contributed by atoms with Gasteiger partial charge in [-0.3, -0.25) is 4.79 Å². The fraction of sp³-hybridized carbons (Fsp3) is 0.231. The molecule has 1 atom stereocenters. The van der Waals surface area contributed by atoms with Crippen LogP contribution >= 0.6 is 0 Å². The maximum absolute atomic E-state index is 13.6. The van der Waals surface area contributed by atoms with Crippen molar-refractivity contribution < 1.29 is 18.7 Å². The van der Waals surface area contributed by atoms with Crippen LogP contribution in [0.3, 0.4) is 0 Å². The van der Waals surface area contributed by atoms with Gasteiger partial charge in [-0.05, 0) is 49.4 Å². The van der Waals surface area contributed by atoms with E-state index < -0.39 is 5.82 Å². The molecule has 2 heterocycles. The Bertz CT molecular complexity index is 1240. The Hall–Kier alpha value is -3.87. The van der Waals surface area contributed by atoms with Crippen molar-refractivity contribution in [1.29, 1.82) is 0 Å². The van der Waals surface area contributed by atoms with Crippen LogP contribution in [0.2, 0.25) is 0 Å². The summed E-state index contributed by atoms with van der Waals surface area (Å²) in [5.74, 6) is 2.27. The summed E-state index contributed by atoms with van der Waals surface area (Å²) >= 11 is 0. The average Bonchev–Trinajstić information content (AvgIpc) is 2.99. The molecule has 3 aromatic rings. The molecule has 1 fully saturated rings. The summed E-state index contributed by atoms with van der Waals surface area (Å²) in [4.78, 5) is 21.9. The SMILES string of the molecule is COc1ccc2c(c1)Oc1ccccc1N=C2N1CCN(C(=O)c2cccc(F)c2)[C@@H](C)C1. The highest BCUT2D eigenvalue weighted by atomic mass is 19.1. The van der Waals surface area contributed by atoms with Crippen LogP contribution in [0, 0.1) is 5.82 Å². The number of carbonyl (C=O) groups is 1. The van der Waals surface area contributed by atoms with Crippen LogP contribution in [0.4, 0.5) is 10.1 Å². The highest BCUT2D eigenvalue weighted by molar-refractivity contribution is 6.04. The first kappa shape index (κ1) is 21.0. The molecule has 6 nitrogen and oxygen atoms in total. The van der Waals surface area contributed by atoms with Crippen LogP contribution in [0.15, 0.2) is 71.7 Å². The van der Waals surface area contributed by atoms with Gasteiger partial charge in [-0.25, -0.2) is 9.38 Å². The lowest BCUT2D eigenvalue weighted by molar-refractivity contribution is 0.0581. The minimum absolute atomic E-state index is 0.0849. The summed E-state index contributed by atoms with van der Waals surface area (Å²) in [5, 5.41) is 0. The molecule has 2 aliphatic rings. The fourth-order valence-electron chi connectivity index (χ4n) is 4.31. The molecular weight excluding hydrogens is 421 g/mol. The van der Waals surface area contributed by atoms with E-state index >= 15 is 0 Å².